The summed E-state index contributed by atoms with van der Waals surface area (Å²) in [5, 5.41) is 14.4. The minimum atomic E-state index is 0.821. The standard InChI is InChI=1S/C76H47N5/c1-3-22-53(23-4-1)63-45-55(46-64(77-63)54-24-5-2-6-25-54)48-35-37-52(38-36-48)62-47-71(79-65-32-16-13-29-59(65)72-56-26-10-7-19-49(56)39-42-68(72)79)78-76(81-67-34-18-15-31-61(67)74-58-28-12-9-21-51(58)41-44-70(74)81)75(62)80-66-33-17-14-30-60(66)73-57-27-11-8-20-50(57)40-43-69(73)80/h1-47H. The number of nitrogens with zero attached hydrogens (tertiary/aromatic N) is 5. The molecular formula is C76H47N5. The van der Waals surface area contributed by atoms with Crippen molar-refractivity contribution in [2.45, 2.75) is 0 Å². The van der Waals surface area contributed by atoms with Crippen molar-refractivity contribution in [1.82, 2.24) is 23.7 Å². The van der Waals surface area contributed by atoms with E-state index in [-0.39, 0.29) is 0 Å². The number of benzene rings is 12. The summed E-state index contributed by atoms with van der Waals surface area (Å²) in [7, 11) is 0. The van der Waals surface area contributed by atoms with Crippen LogP contribution in [0.2, 0.25) is 0 Å². The summed E-state index contributed by atoms with van der Waals surface area (Å²) in [6, 6.07) is 104. The Morgan fingerprint density at radius 2 is 0.617 bits per heavy atom. The molecule has 0 radical (unpaired) electrons. The Balaban J connectivity index is 1.02. The van der Waals surface area contributed by atoms with E-state index in [9.17, 15) is 0 Å². The van der Waals surface area contributed by atoms with Gasteiger partial charge in [-0.1, -0.05) is 231 Å². The number of para-hydroxylation sites is 3. The largest absolute Gasteiger partial charge is 0.305 e. The molecule has 0 atom stereocenters. The fraction of sp³-hybridized carbons (Fsp3) is 0. The predicted molar refractivity (Wildman–Crippen MR) is 339 cm³/mol. The molecule has 0 aliphatic rings. The third kappa shape index (κ3) is 6.92. The van der Waals surface area contributed by atoms with Gasteiger partial charge in [0.2, 0.25) is 0 Å². The Morgan fingerprint density at radius 3 is 1.11 bits per heavy atom. The van der Waals surface area contributed by atoms with Gasteiger partial charge in [0.25, 0.3) is 0 Å². The van der Waals surface area contributed by atoms with E-state index >= 15 is 0 Å². The molecule has 5 nitrogen and oxygen atoms in total. The van der Waals surface area contributed by atoms with Crippen molar-refractivity contribution in [3.05, 3.63) is 285 Å². The highest BCUT2D eigenvalue weighted by atomic mass is 15.2. The summed E-state index contributed by atoms with van der Waals surface area (Å²) in [5.74, 6) is 1.64. The van der Waals surface area contributed by atoms with E-state index in [4.69, 9.17) is 9.97 Å². The normalized spacial score (nSPS) is 12.0. The number of hydrogen-bond acceptors (Lipinski definition) is 2. The fourth-order valence-electron chi connectivity index (χ4n) is 13.2. The van der Waals surface area contributed by atoms with Crippen LogP contribution in [-0.4, -0.2) is 23.7 Å². The van der Waals surface area contributed by atoms with Crippen molar-refractivity contribution in [3.8, 4) is 62.1 Å². The minimum absolute atomic E-state index is 0.821. The Hall–Kier alpha value is -10.9. The Bertz CT molecular complexity index is 5340. The maximum Gasteiger partial charge on any atom is 0.165 e. The maximum absolute atomic E-state index is 6.18. The van der Waals surface area contributed by atoms with Crippen LogP contribution in [0.5, 0.6) is 0 Å². The van der Waals surface area contributed by atoms with Crippen LogP contribution in [0.1, 0.15) is 0 Å². The van der Waals surface area contributed by atoms with Crippen LogP contribution in [-0.2, 0) is 0 Å². The zero-order chi connectivity index (χ0) is 53.1. The van der Waals surface area contributed by atoms with Gasteiger partial charge in [-0.25, -0.2) is 9.97 Å². The van der Waals surface area contributed by atoms with E-state index in [1.165, 1.54) is 64.6 Å². The van der Waals surface area contributed by atoms with Gasteiger partial charge in [-0.05, 0) is 104 Å². The third-order valence-corrected chi connectivity index (χ3v) is 16.8. The second-order valence-corrected chi connectivity index (χ2v) is 21.2. The maximum atomic E-state index is 6.18. The summed E-state index contributed by atoms with van der Waals surface area (Å²) in [6.07, 6.45) is 0. The average molecular weight is 1030 g/mol. The van der Waals surface area contributed by atoms with Gasteiger partial charge in [0.15, 0.2) is 5.82 Å². The third-order valence-electron chi connectivity index (χ3n) is 16.8. The Morgan fingerprint density at radius 1 is 0.235 bits per heavy atom. The van der Waals surface area contributed by atoms with Gasteiger partial charge >= 0.3 is 0 Å². The minimum Gasteiger partial charge on any atom is -0.305 e. The quantitative estimate of drug-likeness (QED) is 0.160. The molecule has 5 heteroatoms. The Kier molecular flexibility index (Phi) is 9.94. The summed E-state index contributed by atoms with van der Waals surface area (Å²) < 4.78 is 7.36. The van der Waals surface area contributed by atoms with Crippen molar-refractivity contribution < 1.29 is 0 Å². The number of hydrogen-bond donors (Lipinski definition) is 0. The molecule has 81 heavy (non-hydrogen) atoms. The molecule has 12 aromatic carbocycles. The summed E-state index contributed by atoms with van der Waals surface area (Å²) in [6.45, 7) is 0. The highest BCUT2D eigenvalue weighted by Crippen LogP contribution is 2.47. The van der Waals surface area contributed by atoms with Crippen LogP contribution >= 0.6 is 0 Å². The first kappa shape index (κ1) is 45.2. The van der Waals surface area contributed by atoms with Crippen LogP contribution in [0.3, 0.4) is 0 Å². The van der Waals surface area contributed by atoms with E-state index in [1.54, 1.807) is 0 Å². The zero-order valence-electron chi connectivity index (χ0n) is 43.9. The molecule has 0 fully saturated rings. The van der Waals surface area contributed by atoms with Crippen molar-refractivity contribution >= 4 is 97.7 Å². The highest BCUT2D eigenvalue weighted by molar-refractivity contribution is 6.24. The number of aromatic nitrogens is 5. The van der Waals surface area contributed by atoms with Crippen molar-refractivity contribution in [3.63, 3.8) is 0 Å². The van der Waals surface area contributed by atoms with E-state index in [0.29, 0.717) is 0 Å². The van der Waals surface area contributed by atoms with Crippen molar-refractivity contribution in [2.75, 3.05) is 0 Å². The number of fused-ring (bicyclic) bond motifs is 15. The van der Waals surface area contributed by atoms with Gasteiger partial charge in [0, 0.05) is 49.0 Å². The monoisotopic (exact) mass is 1030 g/mol. The molecular weight excluding hydrogens is 983 g/mol. The van der Waals surface area contributed by atoms with Crippen LogP contribution in [0.25, 0.3) is 160 Å². The first-order valence-electron chi connectivity index (χ1n) is 27.7. The van der Waals surface area contributed by atoms with Gasteiger partial charge in [-0.2, -0.15) is 0 Å². The molecule has 0 aliphatic heterocycles. The SMILES string of the molecule is c1ccc(-c2cc(-c3ccc(-c4cc(-n5c6ccccc6c6c7ccccc7ccc65)nc(-n5c6ccccc6c6c7ccccc7ccc65)c4-n4c5ccccc5c5c6ccccc6ccc54)cc3)cc(-c3ccccc3)n2)cc1. The first-order valence-corrected chi connectivity index (χ1v) is 27.7. The van der Waals surface area contributed by atoms with Gasteiger partial charge in [0.1, 0.15) is 5.82 Å². The van der Waals surface area contributed by atoms with E-state index in [0.717, 1.165) is 95.2 Å². The molecule has 17 aromatic rings. The second-order valence-electron chi connectivity index (χ2n) is 21.2. The van der Waals surface area contributed by atoms with E-state index in [1.807, 2.05) is 0 Å². The van der Waals surface area contributed by atoms with Crippen LogP contribution < -0.4 is 0 Å². The van der Waals surface area contributed by atoms with Crippen LogP contribution in [0.15, 0.2) is 285 Å². The molecule has 0 unspecified atom stereocenters. The van der Waals surface area contributed by atoms with Crippen LogP contribution in [0, 0.1) is 0 Å². The Labute approximate surface area is 466 Å². The molecule has 0 spiro atoms. The fourth-order valence-corrected chi connectivity index (χ4v) is 13.2. The summed E-state index contributed by atoms with van der Waals surface area (Å²) in [4.78, 5) is 11.4. The predicted octanol–water partition coefficient (Wildman–Crippen LogP) is 19.9. The second kappa shape index (κ2) is 17.8. The molecule has 5 heterocycles. The summed E-state index contributed by atoms with van der Waals surface area (Å²) in [5.41, 5.74) is 15.8. The molecule has 5 aromatic heterocycles. The molecule has 0 amide bonds. The smallest absolute Gasteiger partial charge is 0.165 e. The van der Waals surface area contributed by atoms with Crippen molar-refractivity contribution in [2.24, 2.45) is 0 Å². The van der Waals surface area contributed by atoms with E-state index < -0.39 is 0 Å². The van der Waals surface area contributed by atoms with Gasteiger partial charge in [-0.3, -0.25) is 9.13 Å². The molecule has 17 rings (SSSR count). The lowest BCUT2D eigenvalue weighted by molar-refractivity contribution is 0.985. The lowest BCUT2D eigenvalue weighted by atomic mass is 9.97. The first-order chi connectivity index (χ1) is 40.2. The molecule has 0 N–H and O–H groups in total. The molecule has 0 aliphatic carbocycles. The highest BCUT2D eigenvalue weighted by Gasteiger charge is 2.28. The van der Waals surface area contributed by atoms with Crippen LogP contribution in [0.4, 0.5) is 0 Å². The summed E-state index contributed by atoms with van der Waals surface area (Å²) >= 11 is 0. The molecule has 0 bridgehead atoms. The van der Waals surface area contributed by atoms with Gasteiger partial charge < -0.3 is 4.57 Å². The van der Waals surface area contributed by atoms with Gasteiger partial charge in [-0.15, -0.1) is 0 Å². The molecule has 0 saturated heterocycles. The van der Waals surface area contributed by atoms with Crippen molar-refractivity contribution in [1.29, 1.82) is 0 Å². The average Bonchev–Trinajstić information content (AvgIpc) is 3.99. The molecule has 0 saturated carbocycles. The van der Waals surface area contributed by atoms with Gasteiger partial charge in [0.05, 0.1) is 50.2 Å². The van der Waals surface area contributed by atoms with E-state index in [2.05, 4.69) is 299 Å². The zero-order valence-corrected chi connectivity index (χ0v) is 43.9. The topological polar surface area (TPSA) is 40.6 Å². The lowest BCUT2D eigenvalue weighted by Gasteiger charge is -2.22. The number of rotatable bonds is 7. The molecule has 376 valence electrons. The number of pyridine rings is 2. The lowest BCUT2D eigenvalue weighted by Crippen LogP contribution is -2.11.